The first-order valence-corrected chi connectivity index (χ1v) is 5.93. The highest BCUT2D eigenvalue weighted by Crippen LogP contribution is 2.01. The Labute approximate surface area is 106 Å². The van der Waals surface area contributed by atoms with Crippen molar-refractivity contribution in [2.45, 2.75) is 0 Å². The molecular formula is C11H18N6O. The Morgan fingerprint density at radius 3 is 2.50 bits per heavy atom. The van der Waals surface area contributed by atoms with Crippen molar-refractivity contribution in [1.82, 2.24) is 25.3 Å². The number of nitrogens with one attached hydrogen (secondary N) is 2. The van der Waals surface area contributed by atoms with Crippen LogP contribution in [0.2, 0.25) is 0 Å². The first-order chi connectivity index (χ1) is 8.69. The lowest BCUT2D eigenvalue weighted by Crippen LogP contribution is -2.52. The summed E-state index contributed by atoms with van der Waals surface area (Å²) in [6, 6.07) is 0. The fourth-order valence-corrected chi connectivity index (χ4v) is 1.69. The Hall–Kier alpha value is -1.73. The van der Waals surface area contributed by atoms with Crippen molar-refractivity contribution in [1.29, 1.82) is 0 Å². The summed E-state index contributed by atoms with van der Waals surface area (Å²) in [5.74, 6) is 0.431. The third kappa shape index (κ3) is 3.14. The van der Waals surface area contributed by atoms with Gasteiger partial charge in [0.2, 0.25) is 0 Å². The Morgan fingerprint density at radius 2 is 1.94 bits per heavy atom. The lowest BCUT2D eigenvalue weighted by Gasteiger charge is -2.32. The standard InChI is InChI=1S/C11H18N6O/c1-12-10-8-13-9(7-14-10)11(18)15-17-5-3-16(2)4-6-17/h7-8H,3-6H2,1-2H3,(H,12,14)(H,15,18). The van der Waals surface area contributed by atoms with Crippen LogP contribution in [0.25, 0.3) is 0 Å². The minimum atomic E-state index is -0.213. The van der Waals surface area contributed by atoms with E-state index in [1.54, 1.807) is 13.2 Å². The molecule has 1 aromatic rings. The predicted octanol–water partition coefficient (Wildman–Crippen LogP) is -0.589. The molecule has 1 saturated heterocycles. The SMILES string of the molecule is CNc1cnc(C(=O)NN2CCN(C)CC2)cn1. The van der Waals surface area contributed by atoms with E-state index in [1.165, 1.54) is 6.20 Å². The van der Waals surface area contributed by atoms with Crippen LogP contribution in [0.1, 0.15) is 10.5 Å². The quantitative estimate of drug-likeness (QED) is 0.747. The normalized spacial score (nSPS) is 17.4. The number of hydrazine groups is 1. The topological polar surface area (TPSA) is 73.4 Å². The summed E-state index contributed by atoms with van der Waals surface area (Å²) in [6.45, 7) is 3.55. The average Bonchev–Trinajstić information content (AvgIpc) is 2.41. The van der Waals surface area contributed by atoms with Gasteiger partial charge in [0.25, 0.3) is 5.91 Å². The van der Waals surface area contributed by atoms with Crippen LogP contribution in [0.3, 0.4) is 0 Å². The number of anilines is 1. The second-order valence-electron chi connectivity index (χ2n) is 4.27. The summed E-state index contributed by atoms with van der Waals surface area (Å²) in [7, 11) is 3.83. The third-order valence-corrected chi connectivity index (χ3v) is 2.90. The highest BCUT2D eigenvalue weighted by molar-refractivity contribution is 5.91. The van der Waals surface area contributed by atoms with Crippen LogP contribution in [-0.2, 0) is 0 Å². The number of carbonyl (C=O) groups excluding carboxylic acids is 1. The van der Waals surface area contributed by atoms with Crippen LogP contribution in [0.4, 0.5) is 5.82 Å². The lowest BCUT2D eigenvalue weighted by atomic mass is 10.4. The molecule has 1 aliphatic heterocycles. The van der Waals surface area contributed by atoms with Crippen molar-refractivity contribution >= 4 is 11.7 Å². The van der Waals surface area contributed by atoms with Gasteiger partial charge in [-0.05, 0) is 7.05 Å². The minimum Gasteiger partial charge on any atom is -0.372 e. The van der Waals surface area contributed by atoms with Crippen molar-refractivity contribution in [3.8, 4) is 0 Å². The number of aromatic nitrogens is 2. The van der Waals surface area contributed by atoms with Gasteiger partial charge in [0, 0.05) is 33.2 Å². The summed E-state index contributed by atoms with van der Waals surface area (Å²) >= 11 is 0. The second-order valence-corrected chi connectivity index (χ2v) is 4.27. The van der Waals surface area contributed by atoms with Crippen molar-refractivity contribution in [3.63, 3.8) is 0 Å². The Balaban J connectivity index is 1.90. The molecule has 0 aliphatic carbocycles. The van der Waals surface area contributed by atoms with Crippen molar-refractivity contribution in [3.05, 3.63) is 18.1 Å². The number of piperazine rings is 1. The molecule has 2 rings (SSSR count). The van der Waals surface area contributed by atoms with E-state index in [-0.39, 0.29) is 5.91 Å². The smallest absolute Gasteiger partial charge is 0.285 e. The molecule has 18 heavy (non-hydrogen) atoms. The molecule has 98 valence electrons. The highest BCUT2D eigenvalue weighted by atomic mass is 16.2. The number of amides is 1. The number of likely N-dealkylation sites (N-methyl/N-ethyl adjacent to an activating group) is 1. The largest absolute Gasteiger partial charge is 0.372 e. The van der Waals surface area contributed by atoms with Crippen LogP contribution in [0.5, 0.6) is 0 Å². The van der Waals surface area contributed by atoms with E-state index in [0.717, 1.165) is 26.2 Å². The first kappa shape index (κ1) is 12.7. The maximum Gasteiger partial charge on any atom is 0.285 e. The first-order valence-electron chi connectivity index (χ1n) is 5.93. The van der Waals surface area contributed by atoms with Crippen LogP contribution < -0.4 is 10.7 Å². The Morgan fingerprint density at radius 1 is 1.22 bits per heavy atom. The molecule has 0 aromatic carbocycles. The van der Waals surface area contributed by atoms with E-state index >= 15 is 0 Å². The molecule has 0 unspecified atom stereocenters. The Bertz CT molecular complexity index is 398. The van der Waals surface area contributed by atoms with Gasteiger partial charge in [-0.3, -0.25) is 10.2 Å². The van der Waals surface area contributed by atoms with Crippen molar-refractivity contribution < 1.29 is 4.79 Å². The number of nitrogens with zero attached hydrogens (tertiary/aromatic N) is 4. The van der Waals surface area contributed by atoms with Crippen LogP contribution in [0.15, 0.2) is 12.4 Å². The monoisotopic (exact) mass is 250 g/mol. The Kier molecular flexibility index (Phi) is 4.06. The van der Waals surface area contributed by atoms with Crippen molar-refractivity contribution in [2.75, 3.05) is 45.6 Å². The summed E-state index contributed by atoms with van der Waals surface area (Å²) in [6.07, 6.45) is 3.01. The van der Waals surface area contributed by atoms with Gasteiger partial charge >= 0.3 is 0 Å². The molecule has 2 N–H and O–H groups in total. The molecular weight excluding hydrogens is 232 g/mol. The molecule has 1 amide bonds. The molecule has 1 aromatic heterocycles. The van der Waals surface area contributed by atoms with Gasteiger partial charge in [0.05, 0.1) is 12.4 Å². The van der Waals surface area contributed by atoms with Crippen LogP contribution in [-0.4, -0.2) is 66.1 Å². The lowest BCUT2D eigenvalue weighted by molar-refractivity contribution is 0.0657. The molecule has 0 saturated carbocycles. The van der Waals surface area contributed by atoms with E-state index < -0.39 is 0 Å². The molecule has 2 heterocycles. The molecule has 0 radical (unpaired) electrons. The zero-order valence-electron chi connectivity index (χ0n) is 10.7. The molecule has 7 heteroatoms. The van der Waals surface area contributed by atoms with Crippen LogP contribution in [0, 0.1) is 0 Å². The van der Waals surface area contributed by atoms with Gasteiger partial charge in [-0.15, -0.1) is 0 Å². The third-order valence-electron chi connectivity index (χ3n) is 2.90. The fraction of sp³-hybridized carbons (Fsp3) is 0.545. The van der Waals surface area contributed by atoms with E-state index in [4.69, 9.17) is 0 Å². The molecule has 0 spiro atoms. The number of hydrogen-bond acceptors (Lipinski definition) is 6. The molecule has 1 fully saturated rings. The molecule has 0 atom stereocenters. The summed E-state index contributed by atoms with van der Waals surface area (Å²) < 4.78 is 0. The molecule has 7 nitrogen and oxygen atoms in total. The zero-order chi connectivity index (χ0) is 13.0. The van der Waals surface area contributed by atoms with Gasteiger partial charge in [-0.25, -0.2) is 15.0 Å². The maximum atomic E-state index is 11.9. The van der Waals surface area contributed by atoms with Gasteiger partial charge < -0.3 is 10.2 Å². The average molecular weight is 250 g/mol. The van der Waals surface area contributed by atoms with Gasteiger partial charge in [-0.2, -0.15) is 0 Å². The summed E-state index contributed by atoms with van der Waals surface area (Å²) in [4.78, 5) is 22.2. The second kappa shape index (κ2) is 5.74. The van der Waals surface area contributed by atoms with Gasteiger partial charge in [0.1, 0.15) is 11.5 Å². The van der Waals surface area contributed by atoms with Crippen molar-refractivity contribution in [2.24, 2.45) is 0 Å². The highest BCUT2D eigenvalue weighted by Gasteiger charge is 2.17. The van der Waals surface area contributed by atoms with E-state index in [2.05, 4.69) is 32.7 Å². The predicted molar refractivity (Wildman–Crippen MR) is 68.1 cm³/mol. The van der Waals surface area contributed by atoms with Gasteiger partial charge in [-0.1, -0.05) is 0 Å². The van der Waals surface area contributed by atoms with E-state index in [1.807, 2.05) is 5.01 Å². The van der Waals surface area contributed by atoms with E-state index in [9.17, 15) is 4.79 Å². The van der Waals surface area contributed by atoms with E-state index in [0.29, 0.717) is 11.5 Å². The maximum absolute atomic E-state index is 11.9. The minimum absolute atomic E-state index is 0.213. The summed E-state index contributed by atoms with van der Waals surface area (Å²) in [5.41, 5.74) is 3.16. The fourth-order valence-electron chi connectivity index (χ4n) is 1.69. The zero-order valence-corrected chi connectivity index (χ0v) is 10.7. The van der Waals surface area contributed by atoms with Crippen LogP contribution >= 0.6 is 0 Å². The number of hydrogen-bond donors (Lipinski definition) is 2. The molecule has 1 aliphatic rings. The summed E-state index contributed by atoms with van der Waals surface area (Å²) in [5, 5.41) is 4.77. The van der Waals surface area contributed by atoms with Gasteiger partial charge in [0.15, 0.2) is 0 Å². The number of rotatable bonds is 3. The molecule has 0 bridgehead atoms. The number of carbonyl (C=O) groups is 1.